The van der Waals surface area contributed by atoms with E-state index >= 15 is 0 Å². The zero-order chi connectivity index (χ0) is 16.2. The Morgan fingerprint density at radius 1 is 1.45 bits per heavy atom. The van der Waals surface area contributed by atoms with Gasteiger partial charge in [-0.2, -0.15) is 0 Å². The topological polar surface area (TPSA) is 58.6 Å². The van der Waals surface area contributed by atoms with Crippen LogP contribution in [0.3, 0.4) is 0 Å². The minimum Gasteiger partial charge on any atom is -0.459 e. The van der Waals surface area contributed by atoms with Gasteiger partial charge in [0.2, 0.25) is 0 Å². The molecule has 0 radical (unpaired) electrons. The Labute approximate surface area is 131 Å². The van der Waals surface area contributed by atoms with Crippen molar-refractivity contribution in [3.05, 3.63) is 29.3 Å². The predicted octanol–water partition coefficient (Wildman–Crippen LogP) is 2.66. The molecule has 0 aromatic heterocycles. The van der Waals surface area contributed by atoms with Crippen LogP contribution < -0.4 is 5.32 Å². The second-order valence-electron chi connectivity index (χ2n) is 6.40. The molecular weight excluding hydrogens is 278 g/mol. The number of carbonyl (C=O) groups excluding carboxylic acids is 1. The van der Waals surface area contributed by atoms with Crippen molar-refractivity contribution in [3.8, 4) is 11.8 Å². The van der Waals surface area contributed by atoms with Crippen molar-refractivity contribution in [3.63, 3.8) is 0 Å². The number of hydrogen-bond donors (Lipinski definition) is 2. The molecule has 4 nitrogen and oxygen atoms in total. The summed E-state index contributed by atoms with van der Waals surface area (Å²) in [6.07, 6.45) is 1.35. The van der Waals surface area contributed by atoms with Crippen LogP contribution in [0.25, 0.3) is 0 Å². The third-order valence-corrected chi connectivity index (χ3v) is 3.31. The number of aliphatic hydroxyl groups excluding tert-OH is 1. The highest BCUT2D eigenvalue weighted by atomic mass is 16.6. The van der Waals surface area contributed by atoms with Crippen molar-refractivity contribution in [2.75, 3.05) is 18.5 Å². The lowest BCUT2D eigenvalue weighted by molar-refractivity contribution is -0.156. The van der Waals surface area contributed by atoms with Gasteiger partial charge in [0.1, 0.15) is 11.5 Å². The largest absolute Gasteiger partial charge is 0.459 e. The average Bonchev–Trinajstić information content (AvgIpc) is 2.85. The van der Waals surface area contributed by atoms with Crippen LogP contribution in [0.15, 0.2) is 18.2 Å². The number of nitrogens with one attached hydrogen (secondary N) is 1. The molecule has 2 N–H and O–H groups in total. The first-order chi connectivity index (χ1) is 10.4. The maximum Gasteiger partial charge on any atom is 0.315 e. The van der Waals surface area contributed by atoms with Crippen molar-refractivity contribution >= 4 is 11.7 Å². The second-order valence-corrected chi connectivity index (χ2v) is 6.40. The van der Waals surface area contributed by atoms with Crippen LogP contribution in [0.5, 0.6) is 0 Å². The summed E-state index contributed by atoms with van der Waals surface area (Å²) in [4.78, 5) is 12.3. The van der Waals surface area contributed by atoms with E-state index in [1.54, 1.807) is 0 Å². The number of fused-ring (bicyclic) bond motifs is 1. The van der Waals surface area contributed by atoms with Crippen molar-refractivity contribution in [2.24, 2.45) is 0 Å². The van der Waals surface area contributed by atoms with Crippen LogP contribution in [0.1, 0.15) is 50.7 Å². The van der Waals surface area contributed by atoms with E-state index in [1.807, 2.05) is 39.0 Å². The molecule has 2 rings (SSSR count). The van der Waals surface area contributed by atoms with E-state index < -0.39 is 5.60 Å². The molecule has 0 aliphatic carbocycles. The molecule has 1 aliphatic heterocycles. The van der Waals surface area contributed by atoms with E-state index in [2.05, 4.69) is 17.2 Å². The summed E-state index contributed by atoms with van der Waals surface area (Å²) in [5.74, 6) is 5.62. The Hall–Kier alpha value is -1.99. The number of ether oxygens (including phenoxy) is 1. The Kier molecular flexibility index (Phi) is 5.10. The molecule has 0 spiro atoms. The molecule has 1 atom stereocenters. The lowest BCUT2D eigenvalue weighted by Crippen LogP contribution is -2.28. The van der Waals surface area contributed by atoms with Gasteiger partial charge in [-0.1, -0.05) is 11.8 Å². The van der Waals surface area contributed by atoms with Gasteiger partial charge < -0.3 is 15.2 Å². The summed E-state index contributed by atoms with van der Waals surface area (Å²) < 4.78 is 5.49. The Bertz CT molecular complexity index is 605. The number of aliphatic hydroxyl groups is 1. The van der Waals surface area contributed by atoms with E-state index in [-0.39, 0.29) is 18.5 Å². The zero-order valence-electron chi connectivity index (χ0n) is 13.4. The third-order valence-electron chi connectivity index (χ3n) is 3.31. The molecule has 0 saturated heterocycles. The quantitative estimate of drug-likeness (QED) is 0.512. The van der Waals surface area contributed by atoms with Gasteiger partial charge in [-0.3, -0.25) is 4.79 Å². The molecule has 0 fully saturated rings. The number of benzene rings is 1. The number of esters is 1. The highest BCUT2D eigenvalue weighted by Crippen LogP contribution is 2.33. The number of carbonyl (C=O) groups is 1. The first-order valence-corrected chi connectivity index (χ1v) is 7.61. The van der Waals surface area contributed by atoms with Crippen LogP contribution in [0, 0.1) is 11.8 Å². The first kappa shape index (κ1) is 16.4. The molecule has 1 aliphatic rings. The predicted molar refractivity (Wildman–Crippen MR) is 86.7 cm³/mol. The Balaban J connectivity index is 2.15. The average molecular weight is 301 g/mol. The maximum absolute atomic E-state index is 12.3. The first-order valence-electron chi connectivity index (χ1n) is 7.61. The van der Waals surface area contributed by atoms with Gasteiger partial charge in [0.15, 0.2) is 0 Å². The molecule has 1 unspecified atom stereocenters. The van der Waals surface area contributed by atoms with Gasteiger partial charge in [0, 0.05) is 30.8 Å². The summed E-state index contributed by atoms with van der Waals surface area (Å²) in [7, 11) is 0. The van der Waals surface area contributed by atoms with E-state index in [0.717, 1.165) is 16.8 Å². The highest BCUT2D eigenvalue weighted by molar-refractivity contribution is 5.84. The van der Waals surface area contributed by atoms with Gasteiger partial charge >= 0.3 is 5.97 Å². The van der Waals surface area contributed by atoms with Crippen LogP contribution in [0.2, 0.25) is 0 Å². The number of hydrogen-bond acceptors (Lipinski definition) is 4. The van der Waals surface area contributed by atoms with Gasteiger partial charge in [-0.25, -0.2) is 0 Å². The summed E-state index contributed by atoms with van der Waals surface area (Å²) in [6, 6.07) is 5.85. The molecule has 0 amide bonds. The highest BCUT2D eigenvalue weighted by Gasteiger charge is 2.32. The molecule has 0 saturated carbocycles. The zero-order valence-corrected chi connectivity index (χ0v) is 13.4. The molecule has 1 aromatic carbocycles. The summed E-state index contributed by atoms with van der Waals surface area (Å²) >= 11 is 0. The minimum absolute atomic E-state index is 0.156. The monoisotopic (exact) mass is 301 g/mol. The van der Waals surface area contributed by atoms with Crippen LogP contribution >= 0.6 is 0 Å². The molecular formula is C18H23NO3. The lowest BCUT2D eigenvalue weighted by atomic mass is 9.99. The molecule has 4 heteroatoms. The maximum atomic E-state index is 12.3. The fourth-order valence-electron chi connectivity index (χ4n) is 2.33. The molecule has 1 heterocycles. The number of rotatable bonds is 3. The smallest absolute Gasteiger partial charge is 0.315 e. The third kappa shape index (κ3) is 4.25. The molecule has 1 aromatic rings. The number of anilines is 1. The van der Waals surface area contributed by atoms with Gasteiger partial charge in [0.25, 0.3) is 0 Å². The SMILES string of the molecule is CC(C)(C)OC(=O)C1CNc2ccc(C#CCCCO)cc21. The molecule has 22 heavy (non-hydrogen) atoms. The molecule has 118 valence electrons. The van der Waals surface area contributed by atoms with Crippen LogP contribution in [-0.4, -0.2) is 29.8 Å². The number of unbranched alkanes of at least 4 members (excludes halogenated alkanes) is 1. The van der Waals surface area contributed by atoms with Crippen LogP contribution in [0.4, 0.5) is 5.69 Å². The summed E-state index contributed by atoms with van der Waals surface area (Å²) in [5.41, 5.74) is 2.32. The Morgan fingerprint density at radius 3 is 2.91 bits per heavy atom. The lowest BCUT2D eigenvalue weighted by Gasteiger charge is -2.22. The Morgan fingerprint density at radius 2 is 2.23 bits per heavy atom. The summed E-state index contributed by atoms with van der Waals surface area (Å²) in [5, 5.41) is 12.0. The van der Waals surface area contributed by atoms with E-state index in [1.165, 1.54) is 0 Å². The van der Waals surface area contributed by atoms with Gasteiger partial charge in [-0.15, -0.1) is 0 Å². The minimum atomic E-state index is -0.485. The van der Waals surface area contributed by atoms with Gasteiger partial charge in [0.05, 0.1) is 0 Å². The summed E-state index contributed by atoms with van der Waals surface area (Å²) in [6.45, 7) is 6.33. The van der Waals surface area contributed by atoms with Crippen molar-refractivity contribution in [2.45, 2.75) is 45.1 Å². The van der Waals surface area contributed by atoms with Crippen molar-refractivity contribution in [1.82, 2.24) is 0 Å². The van der Waals surface area contributed by atoms with Crippen molar-refractivity contribution < 1.29 is 14.6 Å². The fourth-order valence-corrected chi connectivity index (χ4v) is 2.33. The van der Waals surface area contributed by atoms with Gasteiger partial charge in [-0.05, 0) is 51.0 Å². The van der Waals surface area contributed by atoms with Crippen LogP contribution in [-0.2, 0) is 9.53 Å². The standard InChI is InChI=1S/C18H23NO3/c1-18(2,3)22-17(21)15-12-19-16-9-8-13(11-14(15)16)7-5-4-6-10-20/h8-9,11,15,19-20H,4,6,10,12H2,1-3H3. The van der Waals surface area contributed by atoms with E-state index in [4.69, 9.17) is 9.84 Å². The molecule has 0 bridgehead atoms. The van der Waals surface area contributed by atoms with Crippen molar-refractivity contribution in [1.29, 1.82) is 0 Å². The fraction of sp³-hybridized carbons (Fsp3) is 0.500. The van der Waals surface area contributed by atoms with E-state index in [9.17, 15) is 4.79 Å². The second kappa shape index (κ2) is 6.85. The van der Waals surface area contributed by atoms with E-state index in [0.29, 0.717) is 19.4 Å². The normalized spacial score (nSPS) is 16.3.